The maximum Gasteiger partial charge on any atom is 0.221 e. The number of nitrogens with one attached hydrogen (secondary N) is 1. The van der Waals surface area contributed by atoms with Gasteiger partial charge in [-0.05, 0) is 36.2 Å². The monoisotopic (exact) mass is 409 g/mol. The van der Waals surface area contributed by atoms with Crippen LogP contribution in [-0.2, 0) is 21.1 Å². The third kappa shape index (κ3) is 4.57. The molecule has 1 N–H and O–H groups in total. The van der Waals surface area contributed by atoms with Gasteiger partial charge >= 0.3 is 0 Å². The molecule has 1 heterocycles. The van der Waals surface area contributed by atoms with Gasteiger partial charge in [-0.15, -0.1) is 0 Å². The lowest BCUT2D eigenvalue weighted by molar-refractivity contribution is -0.120. The Balaban J connectivity index is 1.53. The summed E-state index contributed by atoms with van der Waals surface area (Å²) in [4.78, 5) is 12.1. The van der Waals surface area contributed by atoms with E-state index in [9.17, 15) is 13.2 Å². The number of nitrogens with zero attached hydrogens (tertiary/aromatic N) is 2. The normalized spacial score (nSPS) is 11.6. The van der Waals surface area contributed by atoms with E-state index in [0.29, 0.717) is 29.0 Å². The molecule has 0 saturated carbocycles. The van der Waals surface area contributed by atoms with Gasteiger partial charge in [-0.25, -0.2) is 8.42 Å². The van der Waals surface area contributed by atoms with E-state index >= 15 is 0 Å². The molecule has 0 aliphatic carbocycles. The molecule has 0 bridgehead atoms. The first-order valence-electron chi connectivity index (χ1n) is 7.91. The van der Waals surface area contributed by atoms with Gasteiger partial charge in [-0.3, -0.25) is 4.79 Å². The zero-order valence-electron chi connectivity index (χ0n) is 13.7. The van der Waals surface area contributed by atoms with Gasteiger partial charge in [0.2, 0.25) is 5.91 Å². The highest BCUT2D eigenvalue weighted by atomic mass is 35.5. The molecular formula is C17H16ClN3O3S2. The molecule has 0 radical (unpaired) electrons. The van der Waals surface area contributed by atoms with Gasteiger partial charge < -0.3 is 5.32 Å². The minimum absolute atomic E-state index is 0.100. The maximum atomic E-state index is 12.5. The lowest BCUT2D eigenvalue weighted by Crippen LogP contribution is -2.27. The Morgan fingerprint density at radius 1 is 1.12 bits per heavy atom. The fraction of sp³-hybridized carbons (Fsp3) is 0.235. The van der Waals surface area contributed by atoms with Crippen molar-refractivity contribution in [1.82, 2.24) is 14.1 Å². The van der Waals surface area contributed by atoms with E-state index in [2.05, 4.69) is 14.1 Å². The van der Waals surface area contributed by atoms with Crippen LogP contribution in [0, 0.1) is 0 Å². The smallest absolute Gasteiger partial charge is 0.221 e. The predicted molar refractivity (Wildman–Crippen MR) is 102 cm³/mol. The van der Waals surface area contributed by atoms with Gasteiger partial charge in [0, 0.05) is 18.0 Å². The van der Waals surface area contributed by atoms with Gasteiger partial charge in [0.15, 0.2) is 9.84 Å². The standard InChI is InChI=1S/C17H16ClN3O3S2/c18-13-6-4-12(5-7-13)8-10-19-16(22)9-11-26(23,24)15-3-1-2-14-17(15)21-25-20-14/h1-7H,8-11H2,(H,19,22). The van der Waals surface area contributed by atoms with Crippen LogP contribution in [0.5, 0.6) is 0 Å². The van der Waals surface area contributed by atoms with E-state index in [4.69, 9.17) is 11.6 Å². The number of amides is 1. The largest absolute Gasteiger partial charge is 0.356 e. The Morgan fingerprint density at radius 2 is 1.88 bits per heavy atom. The molecule has 136 valence electrons. The highest BCUT2D eigenvalue weighted by Gasteiger charge is 2.20. The number of benzene rings is 2. The Kier molecular flexibility index (Phi) is 5.85. The van der Waals surface area contributed by atoms with Crippen LogP contribution in [0.1, 0.15) is 12.0 Å². The van der Waals surface area contributed by atoms with Crippen molar-refractivity contribution >= 4 is 50.1 Å². The molecule has 1 aromatic heterocycles. The fourth-order valence-electron chi connectivity index (χ4n) is 2.46. The number of carbonyl (C=O) groups excluding carboxylic acids is 1. The van der Waals surface area contributed by atoms with E-state index in [1.165, 1.54) is 6.07 Å². The number of aromatic nitrogens is 2. The van der Waals surface area contributed by atoms with Crippen LogP contribution in [0.3, 0.4) is 0 Å². The molecule has 26 heavy (non-hydrogen) atoms. The van der Waals surface area contributed by atoms with Gasteiger partial charge in [0.25, 0.3) is 0 Å². The molecule has 0 spiro atoms. The topological polar surface area (TPSA) is 89.0 Å². The maximum absolute atomic E-state index is 12.5. The Bertz CT molecular complexity index is 1020. The molecule has 3 aromatic rings. The fourth-order valence-corrected chi connectivity index (χ4v) is 4.59. The second-order valence-electron chi connectivity index (χ2n) is 5.68. The zero-order chi connectivity index (χ0) is 18.6. The van der Waals surface area contributed by atoms with Crippen molar-refractivity contribution in [1.29, 1.82) is 0 Å². The minimum Gasteiger partial charge on any atom is -0.356 e. The van der Waals surface area contributed by atoms with Crippen molar-refractivity contribution in [2.24, 2.45) is 0 Å². The van der Waals surface area contributed by atoms with Gasteiger partial charge in [-0.2, -0.15) is 8.75 Å². The summed E-state index contributed by atoms with van der Waals surface area (Å²) in [6.45, 7) is 0.437. The van der Waals surface area contributed by atoms with Gasteiger partial charge in [0.05, 0.1) is 22.4 Å². The molecule has 0 unspecified atom stereocenters. The number of fused-ring (bicyclic) bond motifs is 1. The highest BCUT2D eigenvalue weighted by molar-refractivity contribution is 7.91. The molecule has 0 fully saturated rings. The van der Waals surface area contributed by atoms with Gasteiger partial charge in [-0.1, -0.05) is 29.8 Å². The molecule has 0 saturated heterocycles. The lowest BCUT2D eigenvalue weighted by Gasteiger charge is -2.07. The number of halogens is 1. The van der Waals surface area contributed by atoms with E-state index < -0.39 is 9.84 Å². The summed E-state index contributed by atoms with van der Waals surface area (Å²) in [5.41, 5.74) is 1.95. The van der Waals surface area contributed by atoms with Crippen molar-refractivity contribution in [2.45, 2.75) is 17.7 Å². The Hall–Kier alpha value is -2.03. The molecule has 1 amide bonds. The number of sulfone groups is 1. The Labute approximate surface area is 160 Å². The predicted octanol–water partition coefficient (Wildman–Crippen LogP) is 2.87. The number of hydrogen-bond acceptors (Lipinski definition) is 6. The summed E-state index contributed by atoms with van der Waals surface area (Å²) < 4.78 is 33.1. The second kappa shape index (κ2) is 8.11. The van der Waals surface area contributed by atoms with Crippen molar-refractivity contribution < 1.29 is 13.2 Å². The summed E-state index contributed by atoms with van der Waals surface area (Å²) in [6.07, 6.45) is 0.552. The van der Waals surface area contributed by atoms with Crippen LogP contribution < -0.4 is 5.32 Å². The summed E-state index contributed by atoms with van der Waals surface area (Å²) >= 11 is 6.79. The van der Waals surface area contributed by atoms with Crippen molar-refractivity contribution in [3.8, 4) is 0 Å². The SMILES string of the molecule is O=C(CCS(=O)(=O)c1cccc2nsnc12)NCCc1ccc(Cl)cc1. The van der Waals surface area contributed by atoms with E-state index in [0.717, 1.165) is 17.3 Å². The molecule has 0 aliphatic rings. The van der Waals surface area contributed by atoms with Crippen LogP contribution >= 0.6 is 23.3 Å². The van der Waals surface area contributed by atoms with Crippen molar-refractivity contribution in [3.05, 3.63) is 53.1 Å². The summed E-state index contributed by atoms with van der Waals surface area (Å²) in [6, 6.07) is 12.2. The molecule has 3 rings (SSSR count). The zero-order valence-corrected chi connectivity index (χ0v) is 16.1. The first kappa shape index (κ1) is 18.8. The Morgan fingerprint density at radius 3 is 2.65 bits per heavy atom. The molecule has 6 nitrogen and oxygen atoms in total. The van der Waals surface area contributed by atoms with Crippen LogP contribution in [0.4, 0.5) is 0 Å². The van der Waals surface area contributed by atoms with Crippen molar-refractivity contribution in [3.63, 3.8) is 0 Å². The molecule has 2 aromatic carbocycles. The number of rotatable bonds is 7. The molecular weight excluding hydrogens is 394 g/mol. The quantitative estimate of drug-likeness (QED) is 0.648. The van der Waals surface area contributed by atoms with Crippen LogP contribution in [0.25, 0.3) is 11.0 Å². The second-order valence-corrected chi connectivity index (χ2v) is 8.73. The molecule has 9 heteroatoms. The van der Waals surface area contributed by atoms with E-state index in [-0.39, 0.29) is 23.0 Å². The highest BCUT2D eigenvalue weighted by Crippen LogP contribution is 2.22. The third-order valence-corrected chi connectivity index (χ3v) is 6.37. The minimum atomic E-state index is -3.61. The average molecular weight is 410 g/mol. The van der Waals surface area contributed by atoms with Crippen LogP contribution in [-0.4, -0.2) is 35.4 Å². The average Bonchev–Trinajstić information content (AvgIpc) is 3.10. The number of hydrogen-bond donors (Lipinski definition) is 1. The van der Waals surface area contributed by atoms with Crippen molar-refractivity contribution in [2.75, 3.05) is 12.3 Å². The first-order chi connectivity index (χ1) is 12.5. The summed E-state index contributed by atoms with van der Waals surface area (Å²) in [5.74, 6) is -0.567. The van der Waals surface area contributed by atoms with E-state index in [1.54, 1.807) is 24.3 Å². The van der Waals surface area contributed by atoms with Crippen LogP contribution in [0.2, 0.25) is 5.02 Å². The van der Waals surface area contributed by atoms with E-state index in [1.807, 2.05) is 12.1 Å². The molecule has 0 atom stereocenters. The first-order valence-corrected chi connectivity index (χ1v) is 10.7. The lowest BCUT2D eigenvalue weighted by atomic mass is 10.1. The molecule has 0 aliphatic heterocycles. The third-order valence-electron chi connectivity index (χ3n) is 3.83. The summed E-state index contributed by atoms with van der Waals surface area (Å²) in [7, 11) is -3.61. The van der Waals surface area contributed by atoms with Gasteiger partial charge in [0.1, 0.15) is 11.0 Å². The van der Waals surface area contributed by atoms with Crippen LogP contribution in [0.15, 0.2) is 47.4 Å². The number of carbonyl (C=O) groups is 1. The summed E-state index contributed by atoms with van der Waals surface area (Å²) in [5, 5.41) is 3.40.